The number of aromatic hydroxyl groups is 1. The zero-order valence-corrected chi connectivity index (χ0v) is 21.1. The minimum atomic E-state index is -0.275. The second kappa shape index (κ2) is 9.20. The van der Waals surface area contributed by atoms with Gasteiger partial charge in [-0.15, -0.1) is 0 Å². The maximum atomic E-state index is 11.8. The molecule has 0 saturated heterocycles. The maximum absolute atomic E-state index is 11.8. The highest BCUT2D eigenvalue weighted by Crippen LogP contribution is 2.47. The van der Waals surface area contributed by atoms with Crippen molar-refractivity contribution in [3.05, 3.63) is 66.6 Å². The molecule has 0 unspecified atom stereocenters. The maximum Gasteiger partial charge on any atom is 0.223 e. The second-order valence-electron chi connectivity index (χ2n) is 9.68. The van der Waals surface area contributed by atoms with E-state index in [9.17, 15) is 5.11 Å². The van der Waals surface area contributed by atoms with Crippen LogP contribution < -0.4 is 4.74 Å². The first-order valence-corrected chi connectivity index (χ1v) is 11.8. The first-order valence-electron chi connectivity index (χ1n) is 11.8. The highest BCUT2D eigenvalue weighted by atomic mass is 16.5. The van der Waals surface area contributed by atoms with Crippen LogP contribution >= 0.6 is 0 Å². The first kappa shape index (κ1) is 23.7. The fourth-order valence-electron chi connectivity index (χ4n) is 4.59. The topological polar surface area (TPSA) is 87.5 Å². The van der Waals surface area contributed by atoms with E-state index >= 15 is 0 Å². The van der Waals surface area contributed by atoms with Crippen LogP contribution in [0.4, 0.5) is 0 Å². The molecule has 0 amide bonds. The summed E-state index contributed by atoms with van der Waals surface area (Å²) in [4.78, 5) is 0. The summed E-state index contributed by atoms with van der Waals surface area (Å²) >= 11 is 0. The molecule has 0 aliphatic rings. The Morgan fingerprint density at radius 2 is 1.75 bits per heavy atom. The second-order valence-corrected chi connectivity index (χ2v) is 9.68. The van der Waals surface area contributed by atoms with Gasteiger partial charge in [-0.1, -0.05) is 50.2 Å². The average molecular weight is 487 g/mol. The Balaban J connectivity index is 1.84. The quantitative estimate of drug-likeness (QED) is 0.313. The van der Waals surface area contributed by atoms with Crippen LogP contribution in [0.15, 0.2) is 65.4 Å². The van der Waals surface area contributed by atoms with Crippen LogP contribution in [-0.4, -0.2) is 45.4 Å². The van der Waals surface area contributed by atoms with Crippen molar-refractivity contribution in [1.82, 2.24) is 19.5 Å². The van der Waals surface area contributed by atoms with Crippen LogP contribution in [0.5, 0.6) is 11.6 Å². The number of methoxy groups -OCH3 is 2. The Morgan fingerprint density at radius 3 is 2.39 bits per heavy atom. The number of benzene rings is 2. The zero-order valence-electron chi connectivity index (χ0n) is 21.1. The van der Waals surface area contributed by atoms with Crippen LogP contribution in [0.1, 0.15) is 26.5 Å². The Kier molecular flexibility index (Phi) is 6.05. The van der Waals surface area contributed by atoms with E-state index in [2.05, 4.69) is 25.9 Å². The first-order chi connectivity index (χ1) is 17.3. The number of hydrogen-bond acceptors (Lipinski definition) is 6. The molecule has 8 nitrogen and oxygen atoms in total. The van der Waals surface area contributed by atoms with Gasteiger partial charge in [0.2, 0.25) is 5.88 Å². The third-order valence-electron chi connectivity index (χ3n) is 6.28. The summed E-state index contributed by atoms with van der Waals surface area (Å²) < 4.78 is 19.8. The fourth-order valence-corrected chi connectivity index (χ4v) is 4.59. The van der Waals surface area contributed by atoms with E-state index in [1.165, 1.54) is 0 Å². The summed E-state index contributed by atoms with van der Waals surface area (Å²) in [6.45, 7) is 7.37. The van der Waals surface area contributed by atoms with E-state index in [4.69, 9.17) is 19.1 Å². The van der Waals surface area contributed by atoms with Gasteiger partial charge in [-0.05, 0) is 24.3 Å². The van der Waals surface area contributed by atoms with Crippen molar-refractivity contribution in [1.29, 1.82) is 0 Å². The van der Waals surface area contributed by atoms with Gasteiger partial charge >= 0.3 is 0 Å². The molecule has 0 aliphatic carbocycles. The predicted molar refractivity (Wildman–Crippen MR) is 139 cm³/mol. The number of hydrogen-bond donors (Lipinski definition) is 1. The summed E-state index contributed by atoms with van der Waals surface area (Å²) in [7, 11) is 3.32. The summed E-state index contributed by atoms with van der Waals surface area (Å²) in [5.74, 6) is 0.820. The van der Waals surface area contributed by atoms with Crippen molar-refractivity contribution in [3.8, 4) is 39.8 Å². The molecule has 0 atom stereocenters. The lowest BCUT2D eigenvalue weighted by molar-refractivity contribution is 0.184. The molecule has 2 aromatic carbocycles. The molecule has 0 bridgehead atoms. The van der Waals surface area contributed by atoms with Gasteiger partial charge in [0.1, 0.15) is 23.2 Å². The lowest BCUT2D eigenvalue weighted by atomic mass is 9.89. The molecule has 0 saturated carbocycles. The Hall–Kier alpha value is -4.04. The van der Waals surface area contributed by atoms with Gasteiger partial charge in [0, 0.05) is 35.4 Å². The van der Waals surface area contributed by atoms with Gasteiger partial charge in [0.25, 0.3) is 0 Å². The molecule has 8 heteroatoms. The van der Waals surface area contributed by atoms with Crippen LogP contribution in [-0.2, 0) is 16.7 Å². The summed E-state index contributed by atoms with van der Waals surface area (Å²) in [5.41, 5.74) is 5.44. The molecule has 36 heavy (non-hydrogen) atoms. The third kappa shape index (κ3) is 3.93. The molecular weight excluding hydrogens is 456 g/mol. The monoisotopic (exact) mass is 486 g/mol. The molecule has 3 aromatic heterocycles. The summed E-state index contributed by atoms with van der Waals surface area (Å²) in [6, 6.07) is 17.5. The highest BCUT2D eigenvalue weighted by Gasteiger charge is 2.32. The van der Waals surface area contributed by atoms with Crippen LogP contribution in [0.25, 0.3) is 39.1 Å². The number of aromatic nitrogens is 4. The molecular formula is C28H30N4O4. The Bertz CT molecular complexity index is 1490. The molecule has 186 valence electrons. The SMILES string of the molecule is COCCn1nc(C(C)(C)C)c2c(-c3ccccc3OC)n(-c3ccc(-c4ccon4)cc3)c(O)c21. The fraction of sp³-hybridized carbons (Fsp3) is 0.286. The summed E-state index contributed by atoms with van der Waals surface area (Å²) in [6.07, 6.45) is 1.55. The van der Waals surface area contributed by atoms with Crippen molar-refractivity contribution in [3.63, 3.8) is 0 Å². The molecule has 5 aromatic rings. The molecule has 1 N–H and O–H groups in total. The number of nitrogens with zero attached hydrogens (tertiary/aromatic N) is 4. The molecule has 0 spiro atoms. The standard InChI is InChI=1S/C28H30N4O4/c1-28(2,3)26-23-24(20-8-6-7-9-22(20)35-5)32(27(33)25(23)31(29-26)15-17-34-4)19-12-10-18(11-13-19)21-14-16-36-30-21/h6-14,16,33H,15,17H2,1-5H3. The largest absolute Gasteiger partial charge is 0.496 e. The predicted octanol–water partition coefficient (Wildman–Crippen LogP) is 5.81. The van der Waals surface area contributed by atoms with Crippen molar-refractivity contribution in [2.24, 2.45) is 0 Å². The van der Waals surface area contributed by atoms with Gasteiger partial charge in [-0.3, -0.25) is 9.25 Å². The summed E-state index contributed by atoms with van der Waals surface area (Å²) in [5, 5.41) is 21.6. The number of para-hydroxylation sites is 1. The number of rotatable bonds is 7. The lowest BCUT2D eigenvalue weighted by Gasteiger charge is -2.19. The van der Waals surface area contributed by atoms with Gasteiger partial charge in [0.15, 0.2) is 0 Å². The zero-order chi connectivity index (χ0) is 25.4. The minimum Gasteiger partial charge on any atom is -0.496 e. The van der Waals surface area contributed by atoms with Gasteiger partial charge < -0.3 is 19.1 Å². The van der Waals surface area contributed by atoms with E-state index in [1.54, 1.807) is 20.5 Å². The van der Waals surface area contributed by atoms with Crippen LogP contribution in [0.2, 0.25) is 0 Å². The van der Waals surface area contributed by atoms with Crippen molar-refractivity contribution in [2.75, 3.05) is 20.8 Å². The van der Waals surface area contributed by atoms with Crippen molar-refractivity contribution < 1.29 is 19.1 Å². The van der Waals surface area contributed by atoms with Crippen molar-refractivity contribution in [2.45, 2.75) is 32.7 Å². The molecule has 3 heterocycles. The van der Waals surface area contributed by atoms with E-state index in [0.717, 1.165) is 39.3 Å². The van der Waals surface area contributed by atoms with Gasteiger partial charge in [-0.25, -0.2) is 0 Å². The van der Waals surface area contributed by atoms with Crippen molar-refractivity contribution >= 4 is 10.9 Å². The van der Waals surface area contributed by atoms with E-state index in [1.807, 2.05) is 63.8 Å². The van der Waals surface area contributed by atoms with E-state index in [0.29, 0.717) is 24.4 Å². The molecule has 5 rings (SSSR count). The Labute approximate surface area is 209 Å². The van der Waals surface area contributed by atoms with Crippen LogP contribution in [0.3, 0.4) is 0 Å². The van der Waals surface area contributed by atoms with Gasteiger partial charge in [-0.2, -0.15) is 5.10 Å². The molecule has 0 aliphatic heterocycles. The molecule has 0 radical (unpaired) electrons. The van der Waals surface area contributed by atoms with E-state index in [-0.39, 0.29) is 11.3 Å². The van der Waals surface area contributed by atoms with Gasteiger partial charge in [0.05, 0.1) is 37.0 Å². The molecule has 0 fully saturated rings. The smallest absolute Gasteiger partial charge is 0.223 e. The number of ether oxygens (including phenoxy) is 2. The minimum absolute atomic E-state index is 0.110. The third-order valence-corrected chi connectivity index (χ3v) is 6.28. The Morgan fingerprint density at radius 1 is 1.00 bits per heavy atom. The average Bonchev–Trinajstić information content (AvgIpc) is 3.60. The van der Waals surface area contributed by atoms with Crippen LogP contribution in [0, 0.1) is 0 Å². The number of fused-ring (bicyclic) bond motifs is 1. The van der Waals surface area contributed by atoms with E-state index < -0.39 is 0 Å². The highest BCUT2D eigenvalue weighted by molar-refractivity contribution is 6.02. The lowest BCUT2D eigenvalue weighted by Crippen LogP contribution is -2.15. The normalized spacial score (nSPS) is 11.9.